The summed E-state index contributed by atoms with van der Waals surface area (Å²) in [7, 11) is 2.92. The predicted octanol–water partition coefficient (Wildman–Crippen LogP) is 2.29. The normalized spacial score (nSPS) is 11.1. The van der Waals surface area contributed by atoms with Crippen molar-refractivity contribution in [3.8, 4) is 0 Å². The Morgan fingerprint density at radius 2 is 1.94 bits per heavy atom. The van der Waals surface area contributed by atoms with Gasteiger partial charge >= 0.3 is 5.69 Å². The number of amides is 1. The van der Waals surface area contributed by atoms with Gasteiger partial charge in [0.2, 0.25) is 5.91 Å². The van der Waals surface area contributed by atoms with Crippen molar-refractivity contribution in [1.29, 1.82) is 5.41 Å². The van der Waals surface area contributed by atoms with Crippen LogP contribution in [-0.2, 0) is 25.3 Å². The summed E-state index contributed by atoms with van der Waals surface area (Å²) >= 11 is 5.69. The van der Waals surface area contributed by atoms with Crippen LogP contribution in [0.5, 0.6) is 0 Å². The lowest BCUT2D eigenvalue weighted by molar-refractivity contribution is -0.119. The minimum absolute atomic E-state index is 0.164. The third kappa shape index (κ3) is 4.72. The maximum absolute atomic E-state index is 13.7. The van der Waals surface area contributed by atoms with Crippen LogP contribution in [0.15, 0.2) is 58.3 Å². The van der Waals surface area contributed by atoms with E-state index in [4.69, 9.17) is 17.0 Å². The SMILES string of the molecule is Cn1c(=O)c2c(CC(=O)NC(=N)/C=C\Nc3ccc(Cl)cc3F)cccc2n(C)c1=O. The number of carbonyl (C=O) groups excluding carboxylic acids is 1. The second-order valence-electron chi connectivity index (χ2n) is 6.76. The van der Waals surface area contributed by atoms with Gasteiger partial charge in [-0.3, -0.25) is 24.1 Å². The largest absolute Gasteiger partial charge is 0.359 e. The third-order valence-corrected chi connectivity index (χ3v) is 4.86. The Bertz CT molecular complexity index is 1340. The number of aromatic nitrogens is 2. The zero-order valence-electron chi connectivity index (χ0n) is 16.7. The molecular formula is C21H19ClFN5O3. The molecule has 0 saturated carbocycles. The second-order valence-corrected chi connectivity index (χ2v) is 7.19. The van der Waals surface area contributed by atoms with Crippen LogP contribution >= 0.6 is 11.6 Å². The number of amidine groups is 1. The molecule has 3 aromatic rings. The molecule has 0 aliphatic heterocycles. The molecule has 3 rings (SSSR count). The molecule has 160 valence electrons. The highest BCUT2D eigenvalue weighted by Crippen LogP contribution is 2.18. The minimum Gasteiger partial charge on any atom is -0.359 e. The Labute approximate surface area is 181 Å². The Balaban J connectivity index is 1.72. The number of carbonyl (C=O) groups is 1. The number of nitrogens with zero attached hydrogens (tertiary/aromatic N) is 2. The van der Waals surface area contributed by atoms with Gasteiger partial charge in [-0.1, -0.05) is 23.7 Å². The summed E-state index contributed by atoms with van der Waals surface area (Å²) < 4.78 is 16.0. The smallest absolute Gasteiger partial charge is 0.330 e. The summed E-state index contributed by atoms with van der Waals surface area (Å²) in [5, 5.41) is 13.4. The molecule has 10 heteroatoms. The van der Waals surface area contributed by atoms with E-state index in [9.17, 15) is 18.8 Å². The number of benzene rings is 2. The fraction of sp³-hybridized carbons (Fsp3) is 0.143. The molecule has 0 unspecified atom stereocenters. The molecule has 0 fully saturated rings. The van der Waals surface area contributed by atoms with Crippen LogP contribution in [-0.4, -0.2) is 20.9 Å². The average molecular weight is 444 g/mol. The first-order valence-corrected chi connectivity index (χ1v) is 9.51. The molecule has 0 bridgehead atoms. The first-order valence-electron chi connectivity index (χ1n) is 9.13. The molecule has 0 aliphatic rings. The van der Waals surface area contributed by atoms with E-state index in [2.05, 4.69) is 10.6 Å². The van der Waals surface area contributed by atoms with E-state index in [1.807, 2.05) is 0 Å². The fourth-order valence-corrected chi connectivity index (χ4v) is 3.23. The monoisotopic (exact) mass is 443 g/mol. The van der Waals surface area contributed by atoms with Crippen LogP contribution in [0.3, 0.4) is 0 Å². The molecule has 0 spiro atoms. The molecule has 2 aromatic carbocycles. The van der Waals surface area contributed by atoms with Gasteiger partial charge in [0.25, 0.3) is 5.56 Å². The maximum Gasteiger partial charge on any atom is 0.330 e. The highest BCUT2D eigenvalue weighted by molar-refractivity contribution is 6.30. The van der Waals surface area contributed by atoms with Crippen LogP contribution in [0, 0.1) is 11.2 Å². The van der Waals surface area contributed by atoms with E-state index in [-0.39, 0.29) is 28.4 Å². The summed E-state index contributed by atoms with van der Waals surface area (Å²) in [5.41, 5.74) is 0.0604. The Morgan fingerprint density at radius 1 is 1.19 bits per heavy atom. The number of hydrogen-bond donors (Lipinski definition) is 3. The van der Waals surface area contributed by atoms with Crippen molar-refractivity contribution in [2.24, 2.45) is 14.1 Å². The van der Waals surface area contributed by atoms with Gasteiger partial charge < -0.3 is 10.6 Å². The molecule has 3 N–H and O–H groups in total. The Hall–Kier alpha value is -3.72. The van der Waals surface area contributed by atoms with Crippen molar-refractivity contribution in [1.82, 2.24) is 14.5 Å². The standard InChI is InChI=1S/C21H19ClFN5O3/c1-27-16-5-3-4-12(19(16)20(30)28(2)21(27)31)10-18(29)26-17(24)8-9-25-15-7-6-13(22)11-14(15)23/h3-9,11,25H,10H2,1-2H3,(H2,24,26,29)/b9-8-. The molecule has 0 aliphatic carbocycles. The second kappa shape index (κ2) is 8.97. The number of aryl methyl sites for hydroxylation is 1. The number of hydrogen-bond acceptors (Lipinski definition) is 5. The minimum atomic E-state index is -0.556. The molecule has 0 radical (unpaired) electrons. The molecule has 1 aromatic heterocycles. The van der Waals surface area contributed by atoms with Crippen LogP contribution in [0.1, 0.15) is 5.56 Å². The van der Waals surface area contributed by atoms with Crippen molar-refractivity contribution < 1.29 is 9.18 Å². The number of nitrogens with one attached hydrogen (secondary N) is 3. The van der Waals surface area contributed by atoms with Crippen LogP contribution in [0.2, 0.25) is 5.02 Å². The molecule has 0 saturated heterocycles. The third-order valence-electron chi connectivity index (χ3n) is 4.63. The first-order chi connectivity index (χ1) is 14.7. The van der Waals surface area contributed by atoms with Crippen molar-refractivity contribution >= 4 is 39.9 Å². The molecule has 1 heterocycles. The molecule has 0 atom stereocenters. The van der Waals surface area contributed by atoms with Gasteiger partial charge in [-0.25, -0.2) is 9.18 Å². The van der Waals surface area contributed by atoms with Crippen LogP contribution in [0.25, 0.3) is 10.9 Å². The predicted molar refractivity (Wildman–Crippen MR) is 118 cm³/mol. The topological polar surface area (TPSA) is 109 Å². The van der Waals surface area contributed by atoms with E-state index in [0.29, 0.717) is 11.1 Å². The van der Waals surface area contributed by atoms with Gasteiger partial charge in [-0.05, 0) is 35.9 Å². The highest BCUT2D eigenvalue weighted by Gasteiger charge is 2.14. The Kier molecular flexibility index (Phi) is 6.36. The van der Waals surface area contributed by atoms with Gasteiger partial charge in [0.05, 0.1) is 23.0 Å². The molecular weight excluding hydrogens is 425 g/mol. The maximum atomic E-state index is 13.7. The summed E-state index contributed by atoms with van der Waals surface area (Å²) in [5.74, 6) is -1.30. The molecule has 1 amide bonds. The van der Waals surface area contributed by atoms with Gasteiger partial charge in [0.1, 0.15) is 11.7 Å². The van der Waals surface area contributed by atoms with Crippen LogP contribution < -0.4 is 21.9 Å². The van der Waals surface area contributed by atoms with Crippen molar-refractivity contribution in [2.45, 2.75) is 6.42 Å². The van der Waals surface area contributed by atoms with E-state index in [1.165, 1.54) is 36.0 Å². The van der Waals surface area contributed by atoms with Crippen LogP contribution in [0.4, 0.5) is 10.1 Å². The van der Waals surface area contributed by atoms with Crippen molar-refractivity contribution in [2.75, 3.05) is 5.32 Å². The summed E-state index contributed by atoms with van der Waals surface area (Å²) in [6, 6.07) is 9.01. The highest BCUT2D eigenvalue weighted by atomic mass is 35.5. The van der Waals surface area contributed by atoms with Gasteiger partial charge in [0, 0.05) is 25.3 Å². The van der Waals surface area contributed by atoms with E-state index in [0.717, 1.165) is 10.6 Å². The average Bonchev–Trinajstić information content (AvgIpc) is 2.72. The quantitative estimate of drug-likeness (QED) is 0.415. The lowest BCUT2D eigenvalue weighted by atomic mass is 10.1. The summed E-state index contributed by atoms with van der Waals surface area (Å²) in [4.78, 5) is 37.0. The molecule has 31 heavy (non-hydrogen) atoms. The molecule has 8 nitrogen and oxygen atoms in total. The van der Waals surface area contributed by atoms with E-state index < -0.39 is 23.0 Å². The lowest BCUT2D eigenvalue weighted by Crippen LogP contribution is -2.37. The zero-order chi connectivity index (χ0) is 22.7. The van der Waals surface area contributed by atoms with Gasteiger partial charge in [-0.2, -0.15) is 0 Å². The van der Waals surface area contributed by atoms with E-state index >= 15 is 0 Å². The van der Waals surface area contributed by atoms with Gasteiger partial charge in [0.15, 0.2) is 0 Å². The Morgan fingerprint density at radius 3 is 2.65 bits per heavy atom. The lowest BCUT2D eigenvalue weighted by Gasteiger charge is -2.11. The number of fused-ring (bicyclic) bond motifs is 1. The first kappa shape index (κ1) is 22.0. The van der Waals surface area contributed by atoms with Crippen molar-refractivity contribution in [3.63, 3.8) is 0 Å². The zero-order valence-corrected chi connectivity index (χ0v) is 17.5. The number of halogens is 2. The van der Waals surface area contributed by atoms with Crippen molar-refractivity contribution in [3.05, 3.63) is 85.9 Å². The fourth-order valence-electron chi connectivity index (χ4n) is 3.07. The summed E-state index contributed by atoms with van der Waals surface area (Å²) in [6.45, 7) is 0. The van der Waals surface area contributed by atoms with E-state index in [1.54, 1.807) is 25.2 Å². The van der Waals surface area contributed by atoms with Gasteiger partial charge in [-0.15, -0.1) is 0 Å². The number of rotatable bonds is 5. The number of anilines is 1. The summed E-state index contributed by atoms with van der Waals surface area (Å²) in [6.07, 6.45) is 2.39.